The molecule has 0 fully saturated rings. The fourth-order valence-corrected chi connectivity index (χ4v) is 2.78. The van der Waals surface area contributed by atoms with Crippen molar-refractivity contribution in [1.29, 1.82) is 0 Å². The number of nitrogens with two attached hydrogens (primary N) is 1. The summed E-state index contributed by atoms with van der Waals surface area (Å²) in [5.41, 5.74) is 9.27. The molecule has 2 N–H and O–H groups in total. The van der Waals surface area contributed by atoms with E-state index < -0.39 is 0 Å². The van der Waals surface area contributed by atoms with Crippen molar-refractivity contribution < 1.29 is 4.74 Å². The second-order valence-electron chi connectivity index (χ2n) is 4.27. The van der Waals surface area contributed by atoms with Gasteiger partial charge in [0.15, 0.2) is 0 Å². The van der Waals surface area contributed by atoms with Crippen LogP contribution in [0.4, 0.5) is 0 Å². The minimum Gasteiger partial charge on any atom is -0.484 e. The van der Waals surface area contributed by atoms with E-state index in [2.05, 4.69) is 41.2 Å². The summed E-state index contributed by atoms with van der Waals surface area (Å²) in [5, 5.41) is 4.12. The van der Waals surface area contributed by atoms with Gasteiger partial charge in [0, 0.05) is 16.6 Å². The van der Waals surface area contributed by atoms with Gasteiger partial charge in [-0.05, 0) is 53.9 Å². The maximum atomic E-state index is 5.99. The summed E-state index contributed by atoms with van der Waals surface area (Å²) < 4.78 is 7.12. The minimum absolute atomic E-state index is 0.0729. The Morgan fingerprint density at radius 1 is 1.33 bits per heavy atom. The normalized spacial score (nSPS) is 12.4. The van der Waals surface area contributed by atoms with Crippen LogP contribution in [0, 0.1) is 13.8 Å². The summed E-state index contributed by atoms with van der Waals surface area (Å²) in [6.45, 7) is 4.60. The van der Waals surface area contributed by atoms with Crippen molar-refractivity contribution in [3.05, 3.63) is 50.1 Å². The molecular formula is C14H16BrNOS. The number of halogens is 1. The van der Waals surface area contributed by atoms with Crippen molar-refractivity contribution in [3.63, 3.8) is 0 Å². The smallest absolute Gasteiger partial charge is 0.137 e. The van der Waals surface area contributed by atoms with Crippen molar-refractivity contribution >= 4 is 27.3 Å². The molecule has 0 amide bonds. The second kappa shape index (κ2) is 5.87. The van der Waals surface area contributed by atoms with E-state index in [1.807, 2.05) is 17.5 Å². The molecule has 1 heterocycles. The molecule has 1 atom stereocenters. The molecule has 1 aromatic carbocycles. The predicted molar refractivity (Wildman–Crippen MR) is 80.4 cm³/mol. The van der Waals surface area contributed by atoms with Crippen molar-refractivity contribution in [3.8, 4) is 5.75 Å². The molecule has 0 saturated carbocycles. The van der Waals surface area contributed by atoms with Crippen LogP contribution in [0.5, 0.6) is 5.75 Å². The van der Waals surface area contributed by atoms with Crippen LogP contribution in [0.25, 0.3) is 0 Å². The van der Waals surface area contributed by atoms with E-state index in [4.69, 9.17) is 10.5 Å². The van der Waals surface area contributed by atoms with Gasteiger partial charge in [-0.1, -0.05) is 15.9 Å². The first-order valence-electron chi connectivity index (χ1n) is 5.77. The highest BCUT2D eigenvalue weighted by atomic mass is 79.9. The van der Waals surface area contributed by atoms with Gasteiger partial charge in [-0.3, -0.25) is 0 Å². The molecule has 4 heteroatoms. The van der Waals surface area contributed by atoms with E-state index in [-0.39, 0.29) is 6.10 Å². The third-order valence-corrected chi connectivity index (χ3v) is 4.77. The van der Waals surface area contributed by atoms with Crippen LogP contribution in [0.3, 0.4) is 0 Å². The molecule has 1 aromatic heterocycles. The van der Waals surface area contributed by atoms with Crippen LogP contribution < -0.4 is 10.5 Å². The molecule has 2 nitrogen and oxygen atoms in total. The number of hydrogen-bond acceptors (Lipinski definition) is 3. The summed E-state index contributed by atoms with van der Waals surface area (Å²) in [4.78, 5) is 0. The van der Waals surface area contributed by atoms with E-state index in [0.29, 0.717) is 6.54 Å². The summed E-state index contributed by atoms with van der Waals surface area (Å²) in [6.07, 6.45) is -0.0729. The second-order valence-corrected chi connectivity index (χ2v) is 5.84. The Morgan fingerprint density at radius 2 is 2.00 bits per heavy atom. The summed E-state index contributed by atoms with van der Waals surface area (Å²) in [5.74, 6) is 0.870. The summed E-state index contributed by atoms with van der Waals surface area (Å²) >= 11 is 5.22. The van der Waals surface area contributed by atoms with Gasteiger partial charge in [0.2, 0.25) is 0 Å². The maximum Gasteiger partial charge on any atom is 0.137 e. The molecule has 2 rings (SSSR count). The van der Waals surface area contributed by atoms with Crippen molar-refractivity contribution in [2.24, 2.45) is 5.73 Å². The van der Waals surface area contributed by atoms with Gasteiger partial charge in [0.05, 0.1) is 0 Å². The first-order chi connectivity index (χ1) is 8.61. The Bertz CT molecular complexity index is 502. The number of rotatable bonds is 4. The zero-order chi connectivity index (χ0) is 13.1. The molecule has 18 heavy (non-hydrogen) atoms. The van der Waals surface area contributed by atoms with Gasteiger partial charge in [0.25, 0.3) is 0 Å². The van der Waals surface area contributed by atoms with Crippen LogP contribution in [0.1, 0.15) is 22.8 Å². The maximum absolute atomic E-state index is 5.99. The SMILES string of the molecule is Cc1cc(OC(CN)c2ccsc2)cc(C)c1Br. The van der Waals surface area contributed by atoms with Crippen LogP contribution in [-0.4, -0.2) is 6.54 Å². The topological polar surface area (TPSA) is 35.2 Å². The number of benzene rings is 1. The Kier molecular flexibility index (Phi) is 4.43. The van der Waals surface area contributed by atoms with Gasteiger partial charge in [-0.15, -0.1) is 0 Å². The third kappa shape index (κ3) is 2.94. The largest absolute Gasteiger partial charge is 0.484 e. The highest BCUT2D eigenvalue weighted by Gasteiger charge is 2.13. The number of thiophene rings is 1. The van der Waals surface area contributed by atoms with E-state index in [1.165, 1.54) is 11.1 Å². The van der Waals surface area contributed by atoms with Gasteiger partial charge >= 0.3 is 0 Å². The van der Waals surface area contributed by atoms with Gasteiger partial charge in [-0.2, -0.15) is 11.3 Å². The zero-order valence-electron chi connectivity index (χ0n) is 10.4. The summed E-state index contributed by atoms with van der Waals surface area (Å²) in [7, 11) is 0. The molecule has 0 radical (unpaired) electrons. The first kappa shape index (κ1) is 13.6. The van der Waals surface area contributed by atoms with E-state index in [0.717, 1.165) is 15.8 Å². The average molecular weight is 326 g/mol. The van der Waals surface area contributed by atoms with E-state index in [9.17, 15) is 0 Å². The molecular weight excluding hydrogens is 310 g/mol. The van der Waals surface area contributed by atoms with Crippen molar-refractivity contribution in [1.82, 2.24) is 0 Å². The quantitative estimate of drug-likeness (QED) is 0.914. The lowest BCUT2D eigenvalue weighted by Gasteiger charge is -2.18. The Hall–Kier alpha value is -0.840. The monoisotopic (exact) mass is 325 g/mol. The lowest BCUT2D eigenvalue weighted by Crippen LogP contribution is -2.17. The standard InChI is InChI=1S/C14H16BrNOS/c1-9-5-12(6-10(2)14(9)15)17-13(7-16)11-3-4-18-8-11/h3-6,8,13H,7,16H2,1-2H3. The molecule has 0 aliphatic carbocycles. The predicted octanol–water partition coefficient (Wildman–Crippen LogP) is 4.21. The van der Waals surface area contributed by atoms with E-state index in [1.54, 1.807) is 11.3 Å². The molecule has 0 aliphatic heterocycles. The van der Waals surface area contributed by atoms with Crippen molar-refractivity contribution in [2.75, 3.05) is 6.54 Å². The lowest BCUT2D eigenvalue weighted by molar-refractivity contribution is 0.214. The Morgan fingerprint density at radius 3 is 2.50 bits per heavy atom. The zero-order valence-corrected chi connectivity index (χ0v) is 12.8. The average Bonchev–Trinajstić information content (AvgIpc) is 2.86. The highest BCUT2D eigenvalue weighted by Crippen LogP contribution is 2.29. The Labute approximate surface area is 120 Å². The molecule has 1 unspecified atom stereocenters. The number of aryl methyl sites for hydroxylation is 2. The molecule has 96 valence electrons. The molecule has 0 saturated heterocycles. The molecule has 0 spiro atoms. The lowest BCUT2D eigenvalue weighted by atomic mass is 10.1. The minimum atomic E-state index is -0.0729. The molecule has 0 aliphatic rings. The third-order valence-electron chi connectivity index (χ3n) is 2.82. The Balaban J connectivity index is 2.23. The number of ether oxygens (including phenoxy) is 1. The van der Waals surface area contributed by atoms with Crippen LogP contribution >= 0.6 is 27.3 Å². The van der Waals surface area contributed by atoms with Crippen LogP contribution in [0.2, 0.25) is 0 Å². The van der Waals surface area contributed by atoms with Gasteiger partial charge < -0.3 is 10.5 Å². The summed E-state index contributed by atoms with van der Waals surface area (Å²) in [6, 6.07) is 6.12. The highest BCUT2D eigenvalue weighted by molar-refractivity contribution is 9.10. The first-order valence-corrected chi connectivity index (χ1v) is 7.51. The fraction of sp³-hybridized carbons (Fsp3) is 0.286. The van der Waals surface area contributed by atoms with Crippen molar-refractivity contribution in [2.45, 2.75) is 20.0 Å². The van der Waals surface area contributed by atoms with Gasteiger partial charge in [0.1, 0.15) is 11.9 Å². The molecule has 0 bridgehead atoms. The number of hydrogen-bond donors (Lipinski definition) is 1. The fourth-order valence-electron chi connectivity index (χ4n) is 1.85. The van der Waals surface area contributed by atoms with Crippen LogP contribution in [-0.2, 0) is 0 Å². The molecule has 2 aromatic rings. The van der Waals surface area contributed by atoms with Crippen LogP contribution in [0.15, 0.2) is 33.4 Å². The van der Waals surface area contributed by atoms with E-state index >= 15 is 0 Å². The van der Waals surface area contributed by atoms with Gasteiger partial charge in [-0.25, -0.2) is 0 Å².